The second-order valence-electron chi connectivity index (χ2n) is 7.75. The van der Waals surface area contributed by atoms with Crippen molar-refractivity contribution in [2.24, 2.45) is 7.05 Å². The van der Waals surface area contributed by atoms with E-state index in [4.69, 9.17) is 4.74 Å². The van der Waals surface area contributed by atoms with Gasteiger partial charge < -0.3 is 14.6 Å². The fraction of sp³-hybridized carbons (Fsp3) is 0.231. The van der Waals surface area contributed by atoms with Gasteiger partial charge in [0.2, 0.25) is 0 Å². The standard InChI is InChI=1S/C26H24FN5O2/c1-3-34-26(33)18-9-13-23-22(15-18)30-24(32(23)2)5-4-14-29-25-19(16-28)8-12-21(31-25)17-6-10-20(27)11-7-17/h6-13,15H,3-5,14H2,1-2H3,(H,29,31). The van der Waals surface area contributed by atoms with Gasteiger partial charge in [0.05, 0.1) is 34.5 Å². The van der Waals surface area contributed by atoms with E-state index < -0.39 is 0 Å². The largest absolute Gasteiger partial charge is 0.462 e. The molecule has 0 aliphatic rings. The number of hydrogen-bond donors (Lipinski definition) is 1. The number of fused-ring (bicyclic) bond motifs is 1. The summed E-state index contributed by atoms with van der Waals surface area (Å²) < 4.78 is 20.3. The molecule has 172 valence electrons. The molecule has 34 heavy (non-hydrogen) atoms. The Bertz CT molecular complexity index is 1370. The highest BCUT2D eigenvalue weighted by Crippen LogP contribution is 2.22. The average molecular weight is 458 g/mol. The van der Waals surface area contributed by atoms with E-state index >= 15 is 0 Å². The lowest BCUT2D eigenvalue weighted by molar-refractivity contribution is 0.0526. The first-order valence-electron chi connectivity index (χ1n) is 11.0. The summed E-state index contributed by atoms with van der Waals surface area (Å²) in [6, 6.07) is 17.1. The second kappa shape index (κ2) is 10.1. The Morgan fingerprint density at radius 1 is 1.15 bits per heavy atom. The fourth-order valence-corrected chi connectivity index (χ4v) is 3.73. The minimum Gasteiger partial charge on any atom is -0.462 e. The van der Waals surface area contributed by atoms with Gasteiger partial charge in [-0.15, -0.1) is 0 Å². The number of carbonyl (C=O) groups excluding carboxylic acids is 1. The van der Waals surface area contributed by atoms with E-state index in [1.807, 2.05) is 17.7 Å². The predicted molar refractivity (Wildman–Crippen MR) is 128 cm³/mol. The third kappa shape index (κ3) is 4.89. The van der Waals surface area contributed by atoms with Gasteiger partial charge in [0.15, 0.2) is 0 Å². The van der Waals surface area contributed by atoms with Crippen LogP contribution in [0.3, 0.4) is 0 Å². The Balaban J connectivity index is 1.43. The zero-order valence-corrected chi connectivity index (χ0v) is 19.0. The van der Waals surface area contributed by atoms with Gasteiger partial charge in [0, 0.05) is 25.6 Å². The highest BCUT2D eigenvalue weighted by molar-refractivity contribution is 5.93. The lowest BCUT2D eigenvalue weighted by Crippen LogP contribution is -2.08. The molecule has 0 fully saturated rings. The van der Waals surface area contributed by atoms with Crippen LogP contribution in [0.2, 0.25) is 0 Å². The molecule has 0 spiro atoms. The van der Waals surface area contributed by atoms with E-state index in [0.29, 0.717) is 42.2 Å². The van der Waals surface area contributed by atoms with Crippen LogP contribution in [-0.4, -0.2) is 33.7 Å². The molecule has 0 aliphatic heterocycles. The van der Waals surface area contributed by atoms with Crippen molar-refractivity contribution in [1.29, 1.82) is 5.26 Å². The fourth-order valence-electron chi connectivity index (χ4n) is 3.73. The van der Waals surface area contributed by atoms with Gasteiger partial charge in [-0.2, -0.15) is 5.26 Å². The summed E-state index contributed by atoms with van der Waals surface area (Å²) in [6.45, 7) is 2.69. The lowest BCUT2D eigenvalue weighted by atomic mass is 10.1. The van der Waals surface area contributed by atoms with Crippen molar-refractivity contribution < 1.29 is 13.9 Å². The first kappa shape index (κ1) is 22.9. The normalized spacial score (nSPS) is 10.8. The molecule has 2 aromatic carbocycles. The van der Waals surface area contributed by atoms with Crippen molar-refractivity contribution in [2.75, 3.05) is 18.5 Å². The SMILES string of the molecule is CCOC(=O)c1ccc2c(c1)nc(CCCNc1nc(-c3ccc(F)cc3)ccc1C#N)n2C. The molecular formula is C26H24FN5O2. The molecule has 0 amide bonds. The molecule has 0 bridgehead atoms. The molecule has 0 aliphatic carbocycles. The van der Waals surface area contributed by atoms with Crippen molar-refractivity contribution in [1.82, 2.24) is 14.5 Å². The summed E-state index contributed by atoms with van der Waals surface area (Å²) >= 11 is 0. The molecular weight excluding hydrogens is 433 g/mol. The Morgan fingerprint density at radius 2 is 1.94 bits per heavy atom. The third-order valence-electron chi connectivity index (χ3n) is 5.51. The molecule has 4 rings (SSSR count). The summed E-state index contributed by atoms with van der Waals surface area (Å²) in [7, 11) is 1.95. The van der Waals surface area contributed by atoms with Crippen LogP contribution in [0.5, 0.6) is 0 Å². The van der Waals surface area contributed by atoms with Crippen LogP contribution in [0, 0.1) is 17.1 Å². The Kier molecular flexibility index (Phi) is 6.83. The maximum atomic E-state index is 13.2. The van der Waals surface area contributed by atoms with Crippen LogP contribution in [0.15, 0.2) is 54.6 Å². The van der Waals surface area contributed by atoms with Crippen molar-refractivity contribution in [3.05, 3.63) is 77.4 Å². The van der Waals surface area contributed by atoms with E-state index in [1.54, 1.807) is 43.3 Å². The van der Waals surface area contributed by atoms with Gasteiger partial charge in [-0.1, -0.05) is 0 Å². The lowest BCUT2D eigenvalue weighted by Gasteiger charge is -2.10. The molecule has 0 unspecified atom stereocenters. The molecule has 2 aromatic heterocycles. The summed E-state index contributed by atoms with van der Waals surface area (Å²) in [5, 5.41) is 12.7. The van der Waals surface area contributed by atoms with E-state index in [0.717, 1.165) is 28.8 Å². The Labute approximate surface area is 196 Å². The number of ether oxygens (including phenoxy) is 1. The number of halogens is 1. The number of carbonyl (C=O) groups is 1. The number of pyridine rings is 1. The van der Waals surface area contributed by atoms with Crippen molar-refractivity contribution in [3.63, 3.8) is 0 Å². The number of nitriles is 1. The molecule has 7 nitrogen and oxygen atoms in total. The number of aromatic nitrogens is 3. The Morgan fingerprint density at radius 3 is 2.68 bits per heavy atom. The van der Waals surface area contributed by atoms with E-state index in [1.165, 1.54) is 12.1 Å². The molecule has 2 heterocycles. The maximum absolute atomic E-state index is 13.2. The summed E-state index contributed by atoms with van der Waals surface area (Å²) in [6.07, 6.45) is 1.46. The number of nitrogens with one attached hydrogen (secondary N) is 1. The smallest absolute Gasteiger partial charge is 0.338 e. The summed E-state index contributed by atoms with van der Waals surface area (Å²) in [4.78, 5) is 21.2. The molecule has 8 heteroatoms. The van der Waals surface area contributed by atoms with Crippen molar-refractivity contribution in [3.8, 4) is 17.3 Å². The monoisotopic (exact) mass is 457 g/mol. The minimum atomic E-state index is -0.357. The zero-order valence-electron chi connectivity index (χ0n) is 19.0. The van der Waals surface area contributed by atoms with E-state index in [-0.39, 0.29) is 11.8 Å². The van der Waals surface area contributed by atoms with Gasteiger partial charge in [-0.3, -0.25) is 0 Å². The maximum Gasteiger partial charge on any atom is 0.338 e. The van der Waals surface area contributed by atoms with Crippen molar-refractivity contribution >= 4 is 22.8 Å². The van der Waals surface area contributed by atoms with E-state index in [2.05, 4.69) is 21.4 Å². The van der Waals surface area contributed by atoms with Gasteiger partial charge in [-0.05, 0) is 67.9 Å². The van der Waals surface area contributed by atoms with Crippen LogP contribution in [0.1, 0.15) is 35.1 Å². The average Bonchev–Trinajstić information content (AvgIpc) is 3.17. The molecule has 0 atom stereocenters. The highest BCUT2D eigenvalue weighted by Gasteiger charge is 2.13. The zero-order chi connectivity index (χ0) is 24.1. The first-order valence-corrected chi connectivity index (χ1v) is 11.0. The molecule has 1 N–H and O–H groups in total. The number of rotatable bonds is 8. The first-order chi connectivity index (χ1) is 16.5. The van der Waals surface area contributed by atoms with Gasteiger partial charge in [0.1, 0.15) is 23.5 Å². The number of nitrogens with zero attached hydrogens (tertiary/aromatic N) is 4. The summed E-state index contributed by atoms with van der Waals surface area (Å²) in [5.74, 6) is 0.721. The number of imidazole rings is 1. The van der Waals surface area contributed by atoms with Crippen LogP contribution in [-0.2, 0) is 18.2 Å². The molecule has 0 saturated carbocycles. The number of anilines is 1. The van der Waals surface area contributed by atoms with Crippen LogP contribution in [0.25, 0.3) is 22.3 Å². The Hall–Kier alpha value is -4.25. The molecule has 0 saturated heterocycles. The number of hydrogen-bond acceptors (Lipinski definition) is 6. The van der Waals surface area contributed by atoms with Gasteiger partial charge in [0.25, 0.3) is 0 Å². The minimum absolute atomic E-state index is 0.310. The number of esters is 1. The highest BCUT2D eigenvalue weighted by atomic mass is 19.1. The second-order valence-corrected chi connectivity index (χ2v) is 7.75. The quantitative estimate of drug-likeness (QED) is 0.300. The number of benzene rings is 2. The summed E-state index contributed by atoms with van der Waals surface area (Å²) in [5.41, 5.74) is 4.05. The predicted octanol–water partition coefficient (Wildman–Crippen LogP) is 4.87. The van der Waals surface area contributed by atoms with Crippen LogP contribution in [0.4, 0.5) is 10.2 Å². The van der Waals surface area contributed by atoms with Crippen molar-refractivity contribution in [2.45, 2.75) is 19.8 Å². The van der Waals surface area contributed by atoms with E-state index in [9.17, 15) is 14.4 Å². The topological polar surface area (TPSA) is 92.8 Å². The molecule has 0 radical (unpaired) electrons. The van der Waals surface area contributed by atoms with Gasteiger partial charge in [-0.25, -0.2) is 19.2 Å². The van der Waals surface area contributed by atoms with Gasteiger partial charge >= 0.3 is 5.97 Å². The third-order valence-corrected chi connectivity index (χ3v) is 5.51. The molecule has 4 aromatic rings. The van der Waals surface area contributed by atoms with Crippen LogP contribution >= 0.6 is 0 Å². The van der Waals surface area contributed by atoms with Crippen LogP contribution < -0.4 is 5.32 Å². The number of aryl methyl sites for hydroxylation is 2.